The van der Waals surface area contributed by atoms with Gasteiger partial charge >= 0.3 is 0 Å². The molecule has 15 heavy (non-hydrogen) atoms. The lowest BCUT2D eigenvalue weighted by molar-refractivity contribution is 0.200. The van der Waals surface area contributed by atoms with Crippen molar-refractivity contribution in [2.45, 2.75) is 0 Å². The first-order valence-electron chi connectivity index (χ1n) is 5.02. The molecule has 0 unspecified atom stereocenters. The Morgan fingerprint density at radius 3 is 2.53 bits per heavy atom. The van der Waals surface area contributed by atoms with Gasteiger partial charge in [0.05, 0.1) is 6.61 Å². The first kappa shape index (κ1) is 12.3. The van der Waals surface area contributed by atoms with Crippen LogP contribution in [0.15, 0.2) is 24.3 Å². The molecular weight excluding hydrogens is 212 g/mol. The Bertz CT molecular complexity index is 264. The van der Waals surface area contributed by atoms with E-state index in [1.165, 1.54) is 0 Å². The Morgan fingerprint density at radius 2 is 1.87 bits per heavy atom. The molecule has 0 fully saturated rings. The van der Waals surface area contributed by atoms with Gasteiger partial charge < -0.3 is 15.4 Å². The largest absolute Gasteiger partial charge is 0.384 e. The van der Waals surface area contributed by atoms with Gasteiger partial charge in [0.1, 0.15) is 0 Å². The second kappa shape index (κ2) is 7.51. The summed E-state index contributed by atoms with van der Waals surface area (Å²) in [6.45, 7) is 3.46. The first-order chi connectivity index (χ1) is 7.33. The fraction of sp³-hybridized carbons (Fsp3) is 0.455. The Kier molecular flexibility index (Phi) is 6.16. The molecule has 0 aliphatic rings. The van der Waals surface area contributed by atoms with Crippen molar-refractivity contribution < 1.29 is 4.74 Å². The Hall–Kier alpha value is -0.770. The number of nitrogens with one attached hydrogen (secondary N) is 2. The van der Waals surface area contributed by atoms with Gasteiger partial charge in [0, 0.05) is 37.5 Å². The summed E-state index contributed by atoms with van der Waals surface area (Å²) in [5.74, 6) is 0. The van der Waals surface area contributed by atoms with E-state index in [0.717, 1.165) is 37.0 Å². The summed E-state index contributed by atoms with van der Waals surface area (Å²) in [5.41, 5.74) is 1.09. The number of rotatable bonds is 7. The molecule has 0 bridgehead atoms. The first-order valence-corrected chi connectivity index (χ1v) is 5.40. The van der Waals surface area contributed by atoms with Gasteiger partial charge in [-0.15, -0.1) is 0 Å². The molecule has 1 aromatic rings. The molecule has 2 N–H and O–H groups in total. The predicted molar refractivity (Wildman–Crippen MR) is 64.7 cm³/mol. The van der Waals surface area contributed by atoms with Crippen LogP contribution in [0.25, 0.3) is 0 Å². The standard InChI is InChI=1S/C11H17ClN2O/c1-15-9-8-13-6-7-14-11-4-2-10(12)3-5-11/h2-5,13-14H,6-9H2,1H3. The van der Waals surface area contributed by atoms with E-state index in [4.69, 9.17) is 16.3 Å². The molecule has 84 valence electrons. The zero-order valence-electron chi connectivity index (χ0n) is 8.92. The summed E-state index contributed by atoms with van der Waals surface area (Å²) in [6, 6.07) is 7.69. The van der Waals surface area contributed by atoms with Gasteiger partial charge in [-0.05, 0) is 24.3 Å². The van der Waals surface area contributed by atoms with Crippen molar-refractivity contribution in [3.05, 3.63) is 29.3 Å². The lowest BCUT2D eigenvalue weighted by Gasteiger charge is -2.07. The van der Waals surface area contributed by atoms with E-state index in [2.05, 4.69) is 10.6 Å². The zero-order chi connectivity index (χ0) is 10.9. The number of ether oxygens (including phenoxy) is 1. The number of hydrogen-bond donors (Lipinski definition) is 2. The van der Waals surface area contributed by atoms with E-state index in [0.29, 0.717) is 0 Å². The average molecular weight is 229 g/mol. The van der Waals surface area contributed by atoms with Crippen molar-refractivity contribution in [2.75, 3.05) is 38.7 Å². The molecule has 1 aromatic carbocycles. The number of halogens is 1. The molecule has 3 nitrogen and oxygen atoms in total. The van der Waals surface area contributed by atoms with Crippen LogP contribution in [0, 0.1) is 0 Å². The van der Waals surface area contributed by atoms with Gasteiger partial charge in [-0.1, -0.05) is 11.6 Å². The van der Waals surface area contributed by atoms with Gasteiger partial charge in [0.2, 0.25) is 0 Å². The van der Waals surface area contributed by atoms with E-state index in [-0.39, 0.29) is 0 Å². The summed E-state index contributed by atoms with van der Waals surface area (Å²) in [4.78, 5) is 0. The highest BCUT2D eigenvalue weighted by Crippen LogP contribution is 2.12. The van der Waals surface area contributed by atoms with E-state index < -0.39 is 0 Å². The average Bonchev–Trinajstić information content (AvgIpc) is 2.26. The Balaban J connectivity index is 2.07. The summed E-state index contributed by atoms with van der Waals surface area (Å²) < 4.78 is 4.92. The van der Waals surface area contributed by atoms with Crippen LogP contribution in [-0.2, 0) is 4.74 Å². The lowest BCUT2D eigenvalue weighted by Crippen LogP contribution is -2.25. The van der Waals surface area contributed by atoms with Crippen molar-refractivity contribution in [3.63, 3.8) is 0 Å². The van der Waals surface area contributed by atoms with Crippen molar-refractivity contribution in [3.8, 4) is 0 Å². The quantitative estimate of drug-likeness (QED) is 0.701. The minimum Gasteiger partial charge on any atom is -0.384 e. The molecule has 0 saturated heterocycles. The zero-order valence-corrected chi connectivity index (χ0v) is 9.68. The van der Waals surface area contributed by atoms with Crippen LogP contribution in [0.3, 0.4) is 0 Å². The number of anilines is 1. The van der Waals surface area contributed by atoms with Crippen LogP contribution in [0.4, 0.5) is 5.69 Å². The molecule has 0 aromatic heterocycles. The van der Waals surface area contributed by atoms with Crippen molar-refractivity contribution in [1.29, 1.82) is 0 Å². The molecule has 4 heteroatoms. The van der Waals surface area contributed by atoms with Crippen LogP contribution in [-0.4, -0.2) is 33.4 Å². The summed E-state index contributed by atoms with van der Waals surface area (Å²) in [5, 5.41) is 7.30. The highest BCUT2D eigenvalue weighted by molar-refractivity contribution is 6.30. The van der Waals surface area contributed by atoms with Gasteiger partial charge in [-0.3, -0.25) is 0 Å². The Morgan fingerprint density at radius 1 is 1.13 bits per heavy atom. The van der Waals surface area contributed by atoms with Crippen LogP contribution in [0.2, 0.25) is 5.02 Å². The van der Waals surface area contributed by atoms with E-state index in [1.807, 2.05) is 24.3 Å². The minimum atomic E-state index is 0.751. The molecule has 0 amide bonds. The van der Waals surface area contributed by atoms with Crippen LogP contribution < -0.4 is 10.6 Å². The van der Waals surface area contributed by atoms with Gasteiger partial charge in [0.25, 0.3) is 0 Å². The molecule has 1 rings (SSSR count). The summed E-state index contributed by atoms with van der Waals surface area (Å²) in [6.07, 6.45) is 0. The third kappa shape index (κ3) is 5.62. The van der Waals surface area contributed by atoms with Crippen LogP contribution in [0.1, 0.15) is 0 Å². The second-order valence-electron chi connectivity index (χ2n) is 3.18. The summed E-state index contributed by atoms with van der Waals surface area (Å²) >= 11 is 5.78. The minimum absolute atomic E-state index is 0.751. The fourth-order valence-electron chi connectivity index (χ4n) is 1.16. The smallest absolute Gasteiger partial charge is 0.0587 e. The monoisotopic (exact) mass is 228 g/mol. The maximum absolute atomic E-state index is 5.78. The van der Waals surface area contributed by atoms with Gasteiger partial charge in [-0.25, -0.2) is 0 Å². The molecule has 0 radical (unpaired) electrons. The van der Waals surface area contributed by atoms with E-state index >= 15 is 0 Å². The van der Waals surface area contributed by atoms with Crippen molar-refractivity contribution in [2.24, 2.45) is 0 Å². The van der Waals surface area contributed by atoms with Crippen LogP contribution in [0.5, 0.6) is 0 Å². The SMILES string of the molecule is COCCNCCNc1ccc(Cl)cc1. The molecule has 0 heterocycles. The van der Waals surface area contributed by atoms with Crippen molar-refractivity contribution >= 4 is 17.3 Å². The van der Waals surface area contributed by atoms with E-state index in [1.54, 1.807) is 7.11 Å². The molecule has 0 aliphatic carbocycles. The fourth-order valence-corrected chi connectivity index (χ4v) is 1.29. The molecule has 0 aliphatic heterocycles. The Labute approximate surface area is 95.8 Å². The van der Waals surface area contributed by atoms with Crippen molar-refractivity contribution in [1.82, 2.24) is 5.32 Å². The molecule has 0 spiro atoms. The normalized spacial score (nSPS) is 10.3. The van der Waals surface area contributed by atoms with Crippen LogP contribution >= 0.6 is 11.6 Å². The highest BCUT2D eigenvalue weighted by Gasteiger charge is 1.91. The maximum atomic E-state index is 5.78. The third-order valence-electron chi connectivity index (χ3n) is 1.96. The lowest BCUT2D eigenvalue weighted by atomic mass is 10.3. The molecule has 0 saturated carbocycles. The number of hydrogen-bond acceptors (Lipinski definition) is 3. The third-order valence-corrected chi connectivity index (χ3v) is 2.21. The highest BCUT2D eigenvalue weighted by atomic mass is 35.5. The number of methoxy groups -OCH3 is 1. The molecule has 0 atom stereocenters. The second-order valence-corrected chi connectivity index (χ2v) is 3.61. The summed E-state index contributed by atoms with van der Waals surface area (Å²) in [7, 11) is 1.70. The van der Waals surface area contributed by atoms with Gasteiger partial charge in [-0.2, -0.15) is 0 Å². The number of benzene rings is 1. The van der Waals surface area contributed by atoms with Gasteiger partial charge in [0.15, 0.2) is 0 Å². The van der Waals surface area contributed by atoms with E-state index in [9.17, 15) is 0 Å². The molecular formula is C11H17ClN2O. The topological polar surface area (TPSA) is 33.3 Å². The maximum Gasteiger partial charge on any atom is 0.0587 e. The predicted octanol–water partition coefficient (Wildman–Crippen LogP) is 1.99.